The van der Waals surface area contributed by atoms with E-state index in [9.17, 15) is 23.1 Å². The quantitative estimate of drug-likeness (QED) is 0.581. The number of amides is 2. The highest BCUT2D eigenvalue weighted by molar-refractivity contribution is 5.89. The molecule has 2 amide bonds. The zero-order valence-electron chi connectivity index (χ0n) is 17.6. The number of halogens is 3. The number of oxazole rings is 1. The molecule has 0 aliphatic carbocycles. The topological polar surface area (TPSA) is 99.7 Å². The molecule has 0 radical (unpaired) electrons. The molecule has 9 nitrogen and oxygen atoms in total. The molecule has 3 atom stereocenters. The number of carbonyl (C=O) groups is 1. The van der Waals surface area contributed by atoms with Crippen LogP contribution < -0.4 is 10.2 Å². The van der Waals surface area contributed by atoms with Crippen molar-refractivity contribution in [3.05, 3.63) is 59.8 Å². The Labute approximate surface area is 186 Å². The van der Waals surface area contributed by atoms with Crippen molar-refractivity contribution < 1.29 is 27.5 Å². The van der Waals surface area contributed by atoms with Crippen molar-refractivity contribution in [3.63, 3.8) is 0 Å². The molecule has 0 saturated carbocycles. The van der Waals surface area contributed by atoms with E-state index in [4.69, 9.17) is 4.42 Å². The summed E-state index contributed by atoms with van der Waals surface area (Å²) in [5.74, 6) is -3.72. The summed E-state index contributed by atoms with van der Waals surface area (Å²) in [7, 11) is 0. The van der Waals surface area contributed by atoms with Gasteiger partial charge < -0.3 is 24.6 Å². The van der Waals surface area contributed by atoms with Crippen molar-refractivity contribution in [3.8, 4) is 0 Å². The number of hydrogen-bond donors (Lipinski definition) is 2. The van der Waals surface area contributed by atoms with E-state index in [0.717, 1.165) is 17.8 Å². The Morgan fingerprint density at radius 3 is 2.67 bits per heavy atom. The molecule has 2 aliphatic heterocycles. The van der Waals surface area contributed by atoms with E-state index in [1.807, 2.05) is 11.8 Å². The van der Waals surface area contributed by atoms with Crippen LogP contribution in [0.25, 0.3) is 0 Å². The molecule has 2 aromatic heterocycles. The lowest BCUT2D eigenvalue weighted by molar-refractivity contribution is 0.160. The van der Waals surface area contributed by atoms with Crippen LogP contribution in [0.4, 0.5) is 29.3 Å². The molecule has 33 heavy (non-hydrogen) atoms. The van der Waals surface area contributed by atoms with Gasteiger partial charge in [-0.1, -0.05) is 0 Å². The number of benzene rings is 1. The lowest BCUT2D eigenvalue weighted by atomic mass is 10.1. The van der Waals surface area contributed by atoms with E-state index in [2.05, 4.69) is 15.4 Å². The van der Waals surface area contributed by atoms with Gasteiger partial charge in [-0.15, -0.1) is 0 Å². The van der Waals surface area contributed by atoms with Gasteiger partial charge in [-0.05, 0) is 6.92 Å². The highest BCUT2D eigenvalue weighted by Gasteiger charge is 2.38. The SMILES string of the molecule is C[C@H]1Cn2ncc(N3CC(c4cnco4)CC3O)c2CN1C(=O)Nc1cc(F)c(F)c(F)c1. The molecule has 0 spiro atoms. The molecule has 174 valence electrons. The maximum atomic E-state index is 13.5. The summed E-state index contributed by atoms with van der Waals surface area (Å²) in [4.78, 5) is 20.1. The molecule has 2 aliphatic rings. The molecule has 1 aromatic carbocycles. The maximum Gasteiger partial charge on any atom is 0.322 e. The van der Waals surface area contributed by atoms with Gasteiger partial charge >= 0.3 is 6.03 Å². The van der Waals surface area contributed by atoms with Crippen LogP contribution in [0.15, 0.2) is 35.3 Å². The number of hydrogen-bond acceptors (Lipinski definition) is 6. The minimum atomic E-state index is -1.60. The second kappa shape index (κ2) is 8.10. The minimum Gasteiger partial charge on any atom is -0.448 e. The first-order valence-electron chi connectivity index (χ1n) is 10.4. The summed E-state index contributed by atoms with van der Waals surface area (Å²) >= 11 is 0. The normalized spacial score (nSPS) is 22.5. The molecule has 3 aromatic rings. The monoisotopic (exact) mass is 462 g/mol. The van der Waals surface area contributed by atoms with Gasteiger partial charge in [0.2, 0.25) is 0 Å². The van der Waals surface area contributed by atoms with Gasteiger partial charge in [0.1, 0.15) is 12.0 Å². The highest BCUT2D eigenvalue weighted by Crippen LogP contribution is 2.37. The Morgan fingerprint density at radius 2 is 1.97 bits per heavy atom. The summed E-state index contributed by atoms with van der Waals surface area (Å²) in [5.41, 5.74) is 1.22. The van der Waals surface area contributed by atoms with Crippen molar-refractivity contribution >= 4 is 17.4 Å². The standard InChI is InChI=1S/C21H21F3N6O3/c1-11-7-30-17(9-28(11)21(32)27-13-3-14(22)20(24)15(23)4-13)16(5-26-30)29-8-12(2-19(29)31)18-6-25-10-33-18/h3-6,10-12,19,31H,2,7-9H2,1H3,(H,27,32)/t11-,12?,19?/m0/s1. The number of aliphatic hydroxyl groups is 1. The first-order chi connectivity index (χ1) is 15.8. The Balaban J connectivity index is 1.35. The summed E-state index contributed by atoms with van der Waals surface area (Å²) in [6.45, 7) is 2.86. The van der Waals surface area contributed by atoms with Crippen LogP contribution in [-0.2, 0) is 13.1 Å². The van der Waals surface area contributed by atoms with Gasteiger partial charge in [0.05, 0.1) is 42.9 Å². The number of anilines is 2. The van der Waals surface area contributed by atoms with Gasteiger partial charge in [-0.25, -0.2) is 22.9 Å². The van der Waals surface area contributed by atoms with Crippen molar-refractivity contribution in [2.24, 2.45) is 0 Å². The van der Waals surface area contributed by atoms with Crippen molar-refractivity contribution in [1.29, 1.82) is 0 Å². The van der Waals surface area contributed by atoms with Gasteiger partial charge in [0.15, 0.2) is 23.8 Å². The molecular formula is C21H21F3N6O3. The molecule has 12 heteroatoms. The first kappa shape index (κ1) is 21.3. The summed E-state index contributed by atoms with van der Waals surface area (Å²) < 4.78 is 47.4. The van der Waals surface area contributed by atoms with Gasteiger partial charge in [-0.2, -0.15) is 5.10 Å². The number of fused-ring (bicyclic) bond motifs is 1. The fourth-order valence-corrected chi connectivity index (χ4v) is 4.43. The summed E-state index contributed by atoms with van der Waals surface area (Å²) in [5, 5.41) is 17.5. The third-order valence-corrected chi connectivity index (χ3v) is 6.15. The smallest absolute Gasteiger partial charge is 0.322 e. The number of rotatable bonds is 3. The Bertz CT molecular complexity index is 1160. The Morgan fingerprint density at radius 1 is 1.21 bits per heavy atom. The average molecular weight is 462 g/mol. The molecule has 4 heterocycles. The fraction of sp³-hybridized carbons (Fsp3) is 0.381. The number of nitrogens with one attached hydrogen (secondary N) is 1. The molecule has 0 bridgehead atoms. The van der Waals surface area contributed by atoms with Gasteiger partial charge in [0, 0.05) is 36.7 Å². The minimum absolute atomic E-state index is 0.0387. The molecule has 1 fully saturated rings. The molecule has 5 rings (SSSR count). The Hall–Kier alpha value is -3.54. The Kier molecular flexibility index (Phi) is 5.23. The second-order valence-corrected chi connectivity index (χ2v) is 8.29. The van der Waals surface area contributed by atoms with E-state index in [1.165, 1.54) is 11.3 Å². The van der Waals surface area contributed by atoms with E-state index in [1.54, 1.807) is 17.1 Å². The van der Waals surface area contributed by atoms with Crippen LogP contribution >= 0.6 is 0 Å². The maximum absolute atomic E-state index is 13.5. The van der Waals surface area contributed by atoms with Crippen LogP contribution in [0.2, 0.25) is 0 Å². The lowest BCUT2D eigenvalue weighted by Crippen LogP contribution is -2.47. The van der Waals surface area contributed by atoms with E-state index in [0.29, 0.717) is 31.0 Å². The van der Waals surface area contributed by atoms with E-state index < -0.39 is 29.7 Å². The molecule has 1 saturated heterocycles. The zero-order valence-corrected chi connectivity index (χ0v) is 17.6. The number of aromatic nitrogens is 3. The largest absolute Gasteiger partial charge is 0.448 e. The van der Waals surface area contributed by atoms with E-state index >= 15 is 0 Å². The molecule has 2 unspecified atom stereocenters. The number of nitrogens with zero attached hydrogens (tertiary/aromatic N) is 5. The van der Waals surface area contributed by atoms with Crippen LogP contribution in [0.1, 0.15) is 30.7 Å². The predicted molar refractivity (Wildman–Crippen MR) is 110 cm³/mol. The third kappa shape index (κ3) is 3.80. The number of aliphatic hydroxyl groups excluding tert-OH is 1. The van der Waals surface area contributed by atoms with Crippen LogP contribution in [-0.4, -0.2) is 49.6 Å². The van der Waals surface area contributed by atoms with Gasteiger partial charge in [-0.3, -0.25) is 4.68 Å². The average Bonchev–Trinajstić information content (AvgIpc) is 3.50. The highest BCUT2D eigenvalue weighted by atomic mass is 19.2. The van der Waals surface area contributed by atoms with Crippen LogP contribution in [0.5, 0.6) is 0 Å². The number of carbonyl (C=O) groups excluding carboxylic acids is 1. The second-order valence-electron chi connectivity index (χ2n) is 8.29. The zero-order chi connectivity index (χ0) is 23.3. The summed E-state index contributed by atoms with van der Waals surface area (Å²) in [6, 6.07) is 0.592. The predicted octanol–water partition coefficient (Wildman–Crippen LogP) is 3.04. The number of urea groups is 1. The van der Waals surface area contributed by atoms with Gasteiger partial charge in [0.25, 0.3) is 0 Å². The van der Waals surface area contributed by atoms with Crippen molar-refractivity contribution in [1.82, 2.24) is 19.7 Å². The van der Waals surface area contributed by atoms with Crippen molar-refractivity contribution in [2.75, 3.05) is 16.8 Å². The molecule has 2 N–H and O–H groups in total. The van der Waals surface area contributed by atoms with Crippen molar-refractivity contribution in [2.45, 2.75) is 44.6 Å². The third-order valence-electron chi connectivity index (χ3n) is 6.15. The molecular weight excluding hydrogens is 441 g/mol. The lowest BCUT2D eigenvalue weighted by Gasteiger charge is -2.35. The summed E-state index contributed by atoms with van der Waals surface area (Å²) in [6.07, 6.45) is 4.33. The fourth-order valence-electron chi connectivity index (χ4n) is 4.43. The van der Waals surface area contributed by atoms with E-state index in [-0.39, 0.29) is 24.2 Å². The van der Waals surface area contributed by atoms with Crippen LogP contribution in [0, 0.1) is 17.5 Å². The first-order valence-corrected chi connectivity index (χ1v) is 10.4. The van der Waals surface area contributed by atoms with Crippen LogP contribution in [0.3, 0.4) is 0 Å².